The molecule has 9 heteroatoms. The quantitative estimate of drug-likeness (QED) is 0.770. The molecule has 0 aliphatic carbocycles. The summed E-state index contributed by atoms with van der Waals surface area (Å²) in [6.07, 6.45) is -0.0222. The number of nitrogens with zero attached hydrogens (tertiary/aromatic N) is 2. The number of carbonyl (C=O) groups is 2. The normalized spacial score (nSPS) is 18.2. The molecular weight excluding hydrogens is 412 g/mol. The van der Waals surface area contributed by atoms with Gasteiger partial charge in [-0.1, -0.05) is 35.0 Å². The Morgan fingerprint density at radius 3 is 2.59 bits per heavy atom. The predicted molar refractivity (Wildman–Crippen MR) is 107 cm³/mol. The van der Waals surface area contributed by atoms with E-state index in [-0.39, 0.29) is 24.1 Å². The van der Waals surface area contributed by atoms with E-state index < -0.39 is 5.25 Å². The third kappa shape index (κ3) is 4.80. The molecule has 0 aromatic heterocycles. The maximum atomic E-state index is 12.9. The predicted octanol–water partition coefficient (Wildman–Crippen LogP) is 4.72. The summed E-state index contributed by atoms with van der Waals surface area (Å²) < 4.78 is 12.9. The van der Waals surface area contributed by atoms with E-state index in [9.17, 15) is 14.0 Å². The minimum atomic E-state index is -0.586. The van der Waals surface area contributed by atoms with E-state index in [4.69, 9.17) is 23.2 Å². The van der Waals surface area contributed by atoms with Crippen LogP contribution in [-0.4, -0.2) is 34.2 Å². The molecule has 1 aliphatic rings. The molecule has 2 aromatic rings. The van der Waals surface area contributed by atoms with E-state index >= 15 is 0 Å². The number of anilines is 1. The molecule has 1 fully saturated rings. The second kappa shape index (κ2) is 8.29. The van der Waals surface area contributed by atoms with Crippen LogP contribution in [0.2, 0.25) is 10.0 Å². The van der Waals surface area contributed by atoms with Crippen LogP contribution in [0.15, 0.2) is 47.5 Å². The first-order valence-electron chi connectivity index (χ1n) is 7.87. The first-order valence-corrected chi connectivity index (χ1v) is 9.50. The third-order valence-corrected chi connectivity index (χ3v) is 5.74. The molecule has 0 bridgehead atoms. The van der Waals surface area contributed by atoms with Crippen LogP contribution in [0, 0.1) is 5.82 Å². The molecule has 0 radical (unpaired) electrons. The van der Waals surface area contributed by atoms with Crippen molar-refractivity contribution >= 4 is 63.3 Å². The Bertz CT molecular complexity index is 921. The Morgan fingerprint density at radius 1 is 1.22 bits per heavy atom. The van der Waals surface area contributed by atoms with Gasteiger partial charge in [0.15, 0.2) is 5.17 Å². The van der Waals surface area contributed by atoms with Crippen molar-refractivity contribution in [2.45, 2.75) is 11.7 Å². The molecule has 27 heavy (non-hydrogen) atoms. The fourth-order valence-corrected chi connectivity index (χ4v) is 3.82. The van der Waals surface area contributed by atoms with Crippen molar-refractivity contribution in [3.8, 4) is 0 Å². The topological polar surface area (TPSA) is 61.8 Å². The van der Waals surface area contributed by atoms with Crippen LogP contribution in [0.25, 0.3) is 0 Å². The van der Waals surface area contributed by atoms with E-state index in [0.717, 1.165) is 0 Å². The van der Waals surface area contributed by atoms with Gasteiger partial charge in [0.1, 0.15) is 11.1 Å². The van der Waals surface area contributed by atoms with Gasteiger partial charge < -0.3 is 5.32 Å². The van der Waals surface area contributed by atoms with Crippen LogP contribution >= 0.6 is 35.0 Å². The zero-order chi connectivity index (χ0) is 19.6. The number of carbonyl (C=O) groups excluding carboxylic acids is 2. The summed E-state index contributed by atoms with van der Waals surface area (Å²) in [7, 11) is 1.60. The molecule has 1 N–H and O–H groups in total. The summed E-state index contributed by atoms with van der Waals surface area (Å²) in [6, 6.07) is 10.3. The minimum absolute atomic E-state index is 0.0222. The highest BCUT2D eigenvalue weighted by molar-refractivity contribution is 8.15. The number of hydrogen-bond donors (Lipinski definition) is 1. The van der Waals surface area contributed by atoms with E-state index in [1.54, 1.807) is 25.2 Å². The molecule has 0 saturated carbocycles. The number of amidine groups is 1. The van der Waals surface area contributed by atoms with Gasteiger partial charge in [-0.25, -0.2) is 9.38 Å². The maximum absolute atomic E-state index is 12.9. The number of aliphatic imine (C=N–C) groups is 1. The van der Waals surface area contributed by atoms with Gasteiger partial charge in [0.05, 0.1) is 15.7 Å². The SMILES string of the molecule is CN1C(=O)[C@@H](CC(=O)Nc2ccc(F)cc2)SC1=Nc1ccc(Cl)c(Cl)c1. The molecular formula is C18H14Cl2FN3O2S. The molecule has 140 valence electrons. The van der Waals surface area contributed by atoms with E-state index in [1.165, 1.54) is 40.9 Å². The smallest absolute Gasteiger partial charge is 0.242 e. The average Bonchev–Trinajstić information content (AvgIpc) is 2.88. The standard InChI is InChI=1S/C18H14Cl2FN3O2S/c1-24-17(26)15(9-16(25)22-11-4-2-10(21)3-5-11)27-18(24)23-12-6-7-13(19)14(20)8-12/h2-8,15H,9H2,1H3,(H,22,25)/t15-/m1/s1. The number of thioether (sulfide) groups is 1. The summed E-state index contributed by atoms with van der Waals surface area (Å²) in [5.74, 6) is -0.941. The van der Waals surface area contributed by atoms with Gasteiger partial charge in [0.25, 0.3) is 0 Å². The van der Waals surface area contributed by atoms with Crippen LogP contribution in [0.1, 0.15) is 6.42 Å². The summed E-state index contributed by atoms with van der Waals surface area (Å²) in [6.45, 7) is 0. The molecule has 0 unspecified atom stereocenters. The van der Waals surface area contributed by atoms with Crippen molar-refractivity contribution in [2.24, 2.45) is 4.99 Å². The van der Waals surface area contributed by atoms with Crippen molar-refractivity contribution < 1.29 is 14.0 Å². The number of benzene rings is 2. The lowest BCUT2D eigenvalue weighted by molar-refractivity contribution is -0.127. The molecule has 1 saturated heterocycles. The van der Waals surface area contributed by atoms with Crippen molar-refractivity contribution in [2.75, 3.05) is 12.4 Å². The summed E-state index contributed by atoms with van der Waals surface area (Å²) in [5, 5.41) is 3.31. The third-order valence-electron chi connectivity index (χ3n) is 3.77. The Kier molecular flexibility index (Phi) is 6.04. The zero-order valence-electron chi connectivity index (χ0n) is 14.1. The van der Waals surface area contributed by atoms with Crippen LogP contribution in [-0.2, 0) is 9.59 Å². The summed E-state index contributed by atoms with van der Waals surface area (Å²) in [4.78, 5) is 30.4. The molecule has 2 aromatic carbocycles. The lowest BCUT2D eigenvalue weighted by Gasteiger charge is -2.09. The molecule has 1 heterocycles. The van der Waals surface area contributed by atoms with Crippen molar-refractivity contribution in [1.82, 2.24) is 4.90 Å². The number of hydrogen-bond acceptors (Lipinski definition) is 4. The minimum Gasteiger partial charge on any atom is -0.326 e. The van der Waals surface area contributed by atoms with Crippen molar-refractivity contribution in [3.63, 3.8) is 0 Å². The maximum Gasteiger partial charge on any atom is 0.242 e. The van der Waals surface area contributed by atoms with E-state index in [2.05, 4.69) is 10.3 Å². The number of halogens is 3. The molecule has 3 rings (SSSR count). The first kappa shape index (κ1) is 19.7. The number of amides is 2. The highest BCUT2D eigenvalue weighted by Gasteiger charge is 2.37. The highest BCUT2D eigenvalue weighted by atomic mass is 35.5. The Morgan fingerprint density at radius 2 is 1.93 bits per heavy atom. The fourth-order valence-electron chi connectivity index (χ4n) is 2.38. The Balaban J connectivity index is 1.67. The Hall–Kier alpha value is -2.09. The van der Waals surface area contributed by atoms with Crippen LogP contribution in [0.4, 0.5) is 15.8 Å². The van der Waals surface area contributed by atoms with Crippen molar-refractivity contribution in [1.29, 1.82) is 0 Å². The van der Waals surface area contributed by atoms with Gasteiger partial charge >= 0.3 is 0 Å². The zero-order valence-corrected chi connectivity index (χ0v) is 16.4. The van der Waals surface area contributed by atoms with Gasteiger partial charge in [-0.05, 0) is 42.5 Å². The summed E-state index contributed by atoms with van der Waals surface area (Å²) in [5.41, 5.74) is 1.03. The highest BCUT2D eigenvalue weighted by Crippen LogP contribution is 2.32. The number of rotatable bonds is 4. The van der Waals surface area contributed by atoms with Gasteiger partial charge in [-0.3, -0.25) is 14.5 Å². The molecule has 0 spiro atoms. The average molecular weight is 426 g/mol. The second-order valence-corrected chi connectivity index (χ2v) is 7.74. The van der Waals surface area contributed by atoms with Gasteiger partial charge in [0.2, 0.25) is 11.8 Å². The largest absolute Gasteiger partial charge is 0.326 e. The first-order chi connectivity index (χ1) is 12.8. The van der Waals surface area contributed by atoms with Gasteiger partial charge in [-0.15, -0.1) is 0 Å². The molecule has 5 nitrogen and oxygen atoms in total. The number of nitrogens with one attached hydrogen (secondary N) is 1. The Labute approximate surface area is 169 Å². The molecule has 1 aliphatic heterocycles. The van der Waals surface area contributed by atoms with Gasteiger partial charge in [-0.2, -0.15) is 0 Å². The van der Waals surface area contributed by atoms with Crippen LogP contribution in [0.3, 0.4) is 0 Å². The van der Waals surface area contributed by atoms with Crippen LogP contribution in [0.5, 0.6) is 0 Å². The van der Waals surface area contributed by atoms with E-state index in [0.29, 0.717) is 26.6 Å². The van der Waals surface area contributed by atoms with Crippen molar-refractivity contribution in [3.05, 3.63) is 58.3 Å². The lowest BCUT2D eigenvalue weighted by atomic mass is 10.2. The van der Waals surface area contributed by atoms with Crippen LogP contribution < -0.4 is 5.32 Å². The lowest BCUT2D eigenvalue weighted by Crippen LogP contribution is -2.30. The van der Waals surface area contributed by atoms with Gasteiger partial charge in [0, 0.05) is 19.2 Å². The monoisotopic (exact) mass is 425 g/mol. The van der Waals surface area contributed by atoms with E-state index in [1.807, 2.05) is 0 Å². The summed E-state index contributed by atoms with van der Waals surface area (Å²) >= 11 is 13.1. The fraction of sp³-hybridized carbons (Fsp3) is 0.167. The second-order valence-electron chi connectivity index (χ2n) is 5.76. The molecule has 2 amide bonds. The molecule has 1 atom stereocenters.